The van der Waals surface area contributed by atoms with Gasteiger partial charge in [-0.3, -0.25) is 9.59 Å². The van der Waals surface area contributed by atoms with E-state index in [1.165, 1.54) is 36.5 Å². The number of aliphatic carboxylic acids is 2. The van der Waals surface area contributed by atoms with Gasteiger partial charge in [-0.25, -0.2) is 0 Å². The first-order valence-electron chi connectivity index (χ1n) is 9.24. The summed E-state index contributed by atoms with van der Waals surface area (Å²) in [6.45, 7) is 4.00. The van der Waals surface area contributed by atoms with Gasteiger partial charge in [0.05, 0.1) is 0 Å². The predicted molar refractivity (Wildman–Crippen MR) is 127 cm³/mol. The Kier molecular flexibility index (Phi) is 29.9. The Bertz CT molecular complexity index is 324. The summed E-state index contributed by atoms with van der Waals surface area (Å²) in [6.07, 6.45) is 8.06. The maximum Gasteiger partial charge on any atom is 0.320 e. The molecule has 0 aromatic rings. The minimum absolute atomic E-state index is 0. The van der Waals surface area contributed by atoms with E-state index in [1.807, 2.05) is 6.26 Å². The Morgan fingerprint density at radius 3 is 1.45 bits per heavy atom. The van der Waals surface area contributed by atoms with Crippen LogP contribution < -0.4 is 11.5 Å². The fraction of sp³-hybridized carbons (Fsp3) is 0.889. The summed E-state index contributed by atoms with van der Waals surface area (Å²) in [7, 11) is 1.30. The maximum absolute atomic E-state index is 10.1. The lowest BCUT2D eigenvalue weighted by molar-refractivity contribution is -0.139. The number of hydrogen-bond donors (Lipinski definition) is 5. The summed E-state index contributed by atoms with van der Waals surface area (Å²) >= 11 is 5.44. The highest BCUT2D eigenvalue weighted by Crippen LogP contribution is 2.07. The molecule has 2 aliphatic heterocycles. The Morgan fingerprint density at radius 2 is 1.24 bits per heavy atom. The average molecular weight is 477 g/mol. The highest BCUT2D eigenvalue weighted by atomic mass is 33.1. The molecule has 11 heteroatoms. The van der Waals surface area contributed by atoms with Crippen molar-refractivity contribution in [2.75, 3.05) is 44.2 Å². The monoisotopic (exact) mass is 476 g/mol. The third-order valence-electron chi connectivity index (χ3n) is 3.44. The van der Waals surface area contributed by atoms with E-state index < -0.39 is 24.0 Å². The lowest BCUT2D eigenvalue weighted by Crippen LogP contribution is -2.30. The molecule has 2 fully saturated rings. The first kappa shape index (κ1) is 33.5. The van der Waals surface area contributed by atoms with E-state index in [0.717, 1.165) is 32.2 Å². The van der Waals surface area contributed by atoms with E-state index in [0.29, 0.717) is 18.6 Å². The van der Waals surface area contributed by atoms with Crippen LogP contribution in [0.15, 0.2) is 0 Å². The summed E-state index contributed by atoms with van der Waals surface area (Å²) in [5, 5.41) is 16.5. The van der Waals surface area contributed by atoms with Crippen LogP contribution in [0.5, 0.6) is 0 Å². The molecule has 8 nitrogen and oxygen atoms in total. The van der Waals surface area contributed by atoms with Crippen LogP contribution in [0.3, 0.4) is 0 Å². The van der Waals surface area contributed by atoms with Crippen LogP contribution >= 0.6 is 34.2 Å². The lowest BCUT2D eigenvalue weighted by atomic mass is 10.2. The summed E-state index contributed by atoms with van der Waals surface area (Å²) < 4.78 is 9.89. The van der Waals surface area contributed by atoms with Gasteiger partial charge in [0.25, 0.3) is 0 Å². The molecule has 0 bridgehead atoms. The van der Waals surface area contributed by atoms with E-state index in [9.17, 15) is 9.59 Å². The van der Waals surface area contributed by atoms with Crippen LogP contribution in [0.2, 0.25) is 0 Å². The van der Waals surface area contributed by atoms with Crippen LogP contribution in [0.1, 0.15) is 46.0 Å². The van der Waals surface area contributed by atoms with Crippen molar-refractivity contribution in [3.05, 3.63) is 0 Å². The minimum Gasteiger partial charge on any atom is -0.480 e. The van der Waals surface area contributed by atoms with Gasteiger partial charge in [0.1, 0.15) is 12.1 Å². The van der Waals surface area contributed by atoms with Gasteiger partial charge in [0, 0.05) is 32.2 Å². The van der Waals surface area contributed by atoms with Gasteiger partial charge >= 0.3 is 11.9 Å². The second-order valence-corrected chi connectivity index (χ2v) is 8.36. The predicted octanol–water partition coefficient (Wildman–Crippen LogP) is 2.75. The Balaban J connectivity index is -0.000000316. The zero-order valence-electron chi connectivity index (χ0n) is 16.6. The second-order valence-electron chi connectivity index (χ2n) is 5.93. The molecule has 0 aromatic heterocycles. The molecule has 2 heterocycles. The van der Waals surface area contributed by atoms with Gasteiger partial charge in [-0.2, -0.15) is 11.8 Å². The molecule has 2 rings (SSSR count). The van der Waals surface area contributed by atoms with Gasteiger partial charge in [-0.15, -0.1) is 11.7 Å². The van der Waals surface area contributed by atoms with Crippen LogP contribution in [-0.2, 0) is 19.1 Å². The maximum atomic E-state index is 10.1. The van der Waals surface area contributed by atoms with E-state index in [2.05, 4.69) is 11.7 Å². The molecule has 0 spiro atoms. The van der Waals surface area contributed by atoms with Crippen LogP contribution in [0.25, 0.3) is 0 Å². The number of hydrogen-bond acceptors (Lipinski definition) is 9. The molecule has 0 aliphatic carbocycles. The Morgan fingerprint density at radius 1 is 0.897 bits per heavy atom. The van der Waals surface area contributed by atoms with Crippen molar-refractivity contribution in [2.24, 2.45) is 11.5 Å². The van der Waals surface area contributed by atoms with Gasteiger partial charge in [0.15, 0.2) is 0 Å². The van der Waals surface area contributed by atoms with Crippen molar-refractivity contribution in [1.29, 1.82) is 0 Å². The number of carboxylic acids is 2. The normalized spacial score (nSPS) is 16.4. The fourth-order valence-electron chi connectivity index (χ4n) is 1.69. The third kappa shape index (κ3) is 27.8. The summed E-state index contributed by atoms with van der Waals surface area (Å²) in [6, 6.07) is -1.41. The number of carbonyl (C=O) groups is 2. The summed E-state index contributed by atoms with van der Waals surface area (Å²) in [5.41, 5.74) is 10.3. The van der Waals surface area contributed by atoms with Gasteiger partial charge in [0.2, 0.25) is 0 Å². The zero-order valence-corrected chi connectivity index (χ0v) is 19.1. The second kappa shape index (κ2) is 25.9. The SMILES string of the molecule is C.C1CCOC1.C1CCOC1.CSCCC(N)C(=O)O.NC(CCSS)C(=O)O. The van der Waals surface area contributed by atoms with Crippen molar-refractivity contribution >= 4 is 46.2 Å². The molecule has 2 aliphatic rings. The first-order chi connectivity index (χ1) is 13.4. The Labute approximate surface area is 189 Å². The van der Waals surface area contributed by atoms with E-state index >= 15 is 0 Å². The average Bonchev–Trinajstić information content (AvgIpc) is 3.42. The van der Waals surface area contributed by atoms with Gasteiger partial charge < -0.3 is 31.2 Å². The van der Waals surface area contributed by atoms with E-state index in [-0.39, 0.29) is 7.43 Å². The number of thioether (sulfide) groups is 1. The molecule has 0 amide bonds. The first-order valence-corrected chi connectivity index (χ1v) is 12.7. The number of nitrogens with two attached hydrogens (primary N) is 2. The highest BCUT2D eigenvalue weighted by Gasteiger charge is 2.09. The van der Waals surface area contributed by atoms with Crippen LogP contribution in [-0.4, -0.2) is 78.4 Å². The molecule has 2 unspecified atom stereocenters. The number of thiol groups is 1. The van der Waals surface area contributed by atoms with E-state index in [4.69, 9.17) is 31.2 Å². The van der Waals surface area contributed by atoms with Crippen molar-refractivity contribution in [2.45, 2.75) is 58.0 Å². The van der Waals surface area contributed by atoms with Crippen LogP contribution in [0.4, 0.5) is 0 Å². The molecular formula is C18H40N2O6S3. The minimum atomic E-state index is -0.947. The molecule has 0 aromatic carbocycles. The molecule has 0 radical (unpaired) electrons. The topological polar surface area (TPSA) is 145 Å². The molecule has 2 atom stereocenters. The van der Waals surface area contributed by atoms with Gasteiger partial charge in [-0.1, -0.05) is 18.2 Å². The smallest absolute Gasteiger partial charge is 0.320 e. The number of carboxylic acid groups (broad SMARTS) is 2. The highest BCUT2D eigenvalue weighted by molar-refractivity contribution is 8.68. The van der Waals surface area contributed by atoms with Crippen molar-refractivity contribution in [3.63, 3.8) is 0 Å². The van der Waals surface area contributed by atoms with Gasteiger partial charge in [-0.05, 0) is 50.5 Å². The third-order valence-corrected chi connectivity index (χ3v) is 5.05. The number of rotatable bonds is 8. The van der Waals surface area contributed by atoms with Crippen molar-refractivity contribution in [1.82, 2.24) is 0 Å². The lowest BCUT2D eigenvalue weighted by Gasteiger charge is -2.02. The fourth-order valence-corrected chi connectivity index (χ4v) is 2.86. The largest absolute Gasteiger partial charge is 0.480 e. The quantitative estimate of drug-likeness (QED) is 0.262. The zero-order chi connectivity index (χ0) is 21.6. The molecule has 29 heavy (non-hydrogen) atoms. The van der Waals surface area contributed by atoms with Crippen LogP contribution in [0, 0.1) is 0 Å². The molecule has 6 N–H and O–H groups in total. The molecule has 0 saturated carbocycles. The standard InChI is InChI=1S/C5H11NO2S.C4H9NO2S2.2C4H8O.CH4/c1-9-3-2-4(6)5(7)8;5-3(4(6)7)1-2-9-8;2*1-2-4-5-3-1;/h4H,2-3,6H2,1H3,(H,7,8);3,8H,1-2,5H2,(H,6,7);2*1-4H2;1H4. The van der Waals surface area contributed by atoms with Crippen molar-refractivity contribution < 1.29 is 29.3 Å². The molecule has 2 saturated heterocycles. The molecule has 176 valence electrons. The summed E-state index contributed by atoms with van der Waals surface area (Å²) in [4.78, 5) is 20.1. The van der Waals surface area contributed by atoms with Crippen molar-refractivity contribution in [3.8, 4) is 0 Å². The van der Waals surface area contributed by atoms with E-state index in [1.54, 1.807) is 11.8 Å². The Hall–Kier alpha value is -0.170. The molecular weight excluding hydrogens is 436 g/mol. The summed E-state index contributed by atoms with van der Waals surface area (Å²) in [5.74, 6) is -0.370. The number of ether oxygens (including phenoxy) is 2.